The summed E-state index contributed by atoms with van der Waals surface area (Å²) in [6, 6.07) is 0. The van der Waals surface area contributed by atoms with E-state index in [2.05, 4.69) is 4.74 Å². The first-order valence-corrected chi connectivity index (χ1v) is 3.06. The molecule has 4 atom stereocenters. The number of aliphatic hydroxyl groups is 5. The molecule has 0 aromatic carbocycles. The van der Waals surface area contributed by atoms with E-state index < -0.39 is 30.9 Å². The lowest BCUT2D eigenvalue weighted by molar-refractivity contribution is -0.272. The zero-order valence-electron chi connectivity index (χ0n) is 5.58. The molecule has 6 heteroatoms. The molecule has 0 saturated carbocycles. The van der Waals surface area contributed by atoms with Gasteiger partial charge in [0.1, 0.15) is 12.2 Å². The Bertz CT molecular complexity index is 150. The largest absolute Gasteiger partial charge is 0.391 e. The minimum Gasteiger partial charge on any atom is -0.391 e. The summed E-state index contributed by atoms with van der Waals surface area (Å²) in [4.78, 5) is 0. The van der Waals surface area contributed by atoms with Crippen LogP contribution in [0.25, 0.3) is 0 Å². The Labute approximate surface area is 62.3 Å². The highest BCUT2D eigenvalue weighted by Crippen LogP contribution is 2.26. The highest BCUT2D eigenvalue weighted by molar-refractivity contribution is 4.90. The van der Waals surface area contributed by atoms with Gasteiger partial charge in [0.15, 0.2) is 6.29 Å². The third-order valence-corrected chi connectivity index (χ3v) is 1.63. The quantitative estimate of drug-likeness (QED) is 0.279. The van der Waals surface area contributed by atoms with Crippen LogP contribution >= 0.6 is 0 Å². The second kappa shape index (κ2) is 2.67. The molecule has 1 heterocycles. The molecule has 0 unspecified atom stereocenters. The lowest BCUT2D eigenvalue weighted by Crippen LogP contribution is -2.46. The molecule has 6 nitrogen and oxygen atoms in total. The summed E-state index contributed by atoms with van der Waals surface area (Å²) in [5, 5.41) is 44.1. The molecule has 1 saturated heterocycles. The third kappa shape index (κ3) is 1.24. The maximum absolute atomic E-state index is 9.07. The second-order valence-corrected chi connectivity index (χ2v) is 2.45. The van der Waals surface area contributed by atoms with Gasteiger partial charge in [0.05, 0.1) is 6.61 Å². The minimum atomic E-state index is -2.25. The van der Waals surface area contributed by atoms with Crippen molar-refractivity contribution in [2.24, 2.45) is 0 Å². The van der Waals surface area contributed by atoms with Gasteiger partial charge >= 0.3 is 0 Å². The fourth-order valence-corrected chi connectivity index (χ4v) is 0.902. The summed E-state index contributed by atoms with van der Waals surface area (Å²) >= 11 is 0. The predicted molar refractivity (Wildman–Crippen MR) is 31.1 cm³/mol. The van der Waals surface area contributed by atoms with Crippen molar-refractivity contribution in [1.82, 2.24) is 0 Å². The molecule has 66 valence electrons. The van der Waals surface area contributed by atoms with E-state index in [1.54, 1.807) is 0 Å². The predicted octanol–water partition coefficient (Wildman–Crippen LogP) is -3.26. The van der Waals surface area contributed by atoms with Crippen molar-refractivity contribution >= 4 is 0 Å². The average molecular weight is 166 g/mol. The van der Waals surface area contributed by atoms with Crippen molar-refractivity contribution in [3.8, 4) is 0 Å². The van der Waals surface area contributed by atoms with Crippen LogP contribution in [0.15, 0.2) is 0 Å². The molecule has 0 aromatic heterocycles. The van der Waals surface area contributed by atoms with E-state index in [4.69, 9.17) is 25.5 Å². The molecule has 0 aliphatic carbocycles. The zero-order chi connectivity index (χ0) is 8.65. The molecule has 0 bridgehead atoms. The van der Waals surface area contributed by atoms with Crippen LogP contribution in [-0.4, -0.2) is 56.4 Å². The van der Waals surface area contributed by atoms with Crippen LogP contribution in [0.1, 0.15) is 0 Å². The van der Waals surface area contributed by atoms with E-state index in [-0.39, 0.29) is 0 Å². The maximum Gasteiger partial charge on any atom is 0.221 e. The molecule has 0 aromatic rings. The Kier molecular flexibility index (Phi) is 2.15. The molecule has 0 amide bonds. The van der Waals surface area contributed by atoms with E-state index in [0.717, 1.165) is 0 Å². The van der Waals surface area contributed by atoms with Crippen molar-refractivity contribution < 1.29 is 30.3 Å². The van der Waals surface area contributed by atoms with Crippen molar-refractivity contribution in [2.75, 3.05) is 6.61 Å². The average Bonchev–Trinajstić information content (AvgIpc) is 2.17. The molecular weight excluding hydrogens is 156 g/mol. The van der Waals surface area contributed by atoms with Gasteiger partial charge in [-0.2, -0.15) is 0 Å². The first-order valence-electron chi connectivity index (χ1n) is 3.06. The molecule has 1 aliphatic heterocycles. The van der Waals surface area contributed by atoms with Crippen LogP contribution < -0.4 is 0 Å². The molecule has 1 rings (SSSR count). The van der Waals surface area contributed by atoms with Crippen molar-refractivity contribution in [3.63, 3.8) is 0 Å². The summed E-state index contributed by atoms with van der Waals surface area (Å²) in [5.41, 5.74) is 0. The van der Waals surface area contributed by atoms with Crippen molar-refractivity contribution in [3.05, 3.63) is 0 Å². The van der Waals surface area contributed by atoms with Gasteiger partial charge in [0, 0.05) is 0 Å². The monoisotopic (exact) mass is 166 g/mol. The fraction of sp³-hybridized carbons (Fsp3) is 1.00. The topological polar surface area (TPSA) is 110 Å². The van der Waals surface area contributed by atoms with Gasteiger partial charge < -0.3 is 30.3 Å². The summed E-state index contributed by atoms with van der Waals surface area (Å²) < 4.78 is 4.28. The van der Waals surface area contributed by atoms with Gasteiger partial charge in [0.25, 0.3) is 0 Å². The zero-order valence-corrected chi connectivity index (χ0v) is 5.58. The van der Waals surface area contributed by atoms with Gasteiger partial charge in [-0.1, -0.05) is 0 Å². The highest BCUT2D eigenvalue weighted by atomic mass is 16.7. The van der Waals surface area contributed by atoms with Crippen LogP contribution in [-0.2, 0) is 4.74 Å². The first-order chi connectivity index (χ1) is 5.01. The normalized spacial score (nSPS) is 51.5. The van der Waals surface area contributed by atoms with Crippen LogP contribution in [0, 0.1) is 0 Å². The molecule has 0 spiro atoms. The first kappa shape index (κ1) is 8.85. The molecule has 11 heavy (non-hydrogen) atoms. The molecule has 1 fully saturated rings. The maximum atomic E-state index is 9.07. The Morgan fingerprint density at radius 2 is 1.82 bits per heavy atom. The standard InChI is InChI=1S/C5H10O6/c6-1-5(10)3(8)2(7)4(9)11-5/h2-4,6-10H,1H2/t2-,3-,4+,5+/m1/s1. The van der Waals surface area contributed by atoms with Crippen molar-refractivity contribution in [2.45, 2.75) is 24.3 Å². The van der Waals surface area contributed by atoms with Crippen LogP contribution in [0.5, 0.6) is 0 Å². The van der Waals surface area contributed by atoms with Crippen LogP contribution in [0.3, 0.4) is 0 Å². The number of hydrogen-bond donors (Lipinski definition) is 5. The number of ether oxygens (including phenoxy) is 1. The molecule has 1 aliphatic rings. The fourth-order valence-electron chi connectivity index (χ4n) is 0.902. The summed E-state index contributed by atoms with van der Waals surface area (Å²) in [7, 11) is 0. The lowest BCUT2D eigenvalue weighted by Gasteiger charge is -2.22. The number of rotatable bonds is 1. The van der Waals surface area contributed by atoms with E-state index in [9.17, 15) is 0 Å². The van der Waals surface area contributed by atoms with E-state index in [1.165, 1.54) is 0 Å². The molecule has 5 N–H and O–H groups in total. The van der Waals surface area contributed by atoms with Crippen LogP contribution in [0.2, 0.25) is 0 Å². The van der Waals surface area contributed by atoms with Gasteiger partial charge in [-0.15, -0.1) is 0 Å². The Morgan fingerprint density at radius 1 is 1.27 bits per heavy atom. The van der Waals surface area contributed by atoms with Gasteiger partial charge in [-0.05, 0) is 0 Å². The Hall–Kier alpha value is -0.240. The summed E-state index contributed by atoms with van der Waals surface area (Å²) in [5.74, 6) is -2.25. The number of aliphatic hydroxyl groups excluding tert-OH is 4. The molecular formula is C5H10O6. The van der Waals surface area contributed by atoms with Gasteiger partial charge in [0.2, 0.25) is 5.79 Å². The van der Waals surface area contributed by atoms with Crippen LogP contribution in [0.4, 0.5) is 0 Å². The summed E-state index contributed by atoms with van der Waals surface area (Å²) in [6.07, 6.45) is -4.95. The second-order valence-electron chi connectivity index (χ2n) is 2.45. The lowest BCUT2D eigenvalue weighted by atomic mass is 10.1. The third-order valence-electron chi connectivity index (χ3n) is 1.63. The van der Waals surface area contributed by atoms with Gasteiger partial charge in [-0.25, -0.2) is 0 Å². The smallest absolute Gasteiger partial charge is 0.221 e. The molecule has 0 radical (unpaired) electrons. The SMILES string of the molecule is OC[C@]1(O)O[C@H](O)[C@H](O)[C@H]1O. The van der Waals surface area contributed by atoms with E-state index >= 15 is 0 Å². The highest BCUT2D eigenvalue weighted by Gasteiger charge is 2.52. The van der Waals surface area contributed by atoms with E-state index in [0.29, 0.717) is 0 Å². The van der Waals surface area contributed by atoms with Crippen molar-refractivity contribution in [1.29, 1.82) is 0 Å². The van der Waals surface area contributed by atoms with Gasteiger partial charge in [-0.3, -0.25) is 0 Å². The number of hydrogen-bond acceptors (Lipinski definition) is 6. The Balaban J connectivity index is 2.73. The minimum absolute atomic E-state index is 0.887. The van der Waals surface area contributed by atoms with E-state index in [1.807, 2.05) is 0 Å². The Morgan fingerprint density at radius 3 is 2.00 bits per heavy atom. The summed E-state index contributed by atoms with van der Waals surface area (Å²) in [6.45, 7) is -0.887.